The molecule has 1 aliphatic rings. The van der Waals surface area contributed by atoms with Crippen LogP contribution >= 0.6 is 22.6 Å². The van der Waals surface area contributed by atoms with E-state index in [2.05, 4.69) is 22.6 Å². The maximum atomic E-state index is 11.3. The van der Waals surface area contributed by atoms with Gasteiger partial charge in [0.1, 0.15) is 17.8 Å². The number of benzene rings is 2. The third-order valence-corrected chi connectivity index (χ3v) is 3.82. The van der Waals surface area contributed by atoms with E-state index in [0.29, 0.717) is 0 Å². The summed E-state index contributed by atoms with van der Waals surface area (Å²) in [4.78, 5) is 11.3. The first-order valence-corrected chi connectivity index (χ1v) is 7.05. The van der Waals surface area contributed by atoms with Crippen molar-refractivity contribution in [2.24, 2.45) is 0 Å². The second-order valence-electron chi connectivity index (χ2n) is 4.34. The number of allylic oxidation sites excluding steroid dienone is 1. The second kappa shape index (κ2) is 5.17. The zero-order valence-electron chi connectivity index (χ0n) is 10.0. The van der Waals surface area contributed by atoms with E-state index in [4.69, 9.17) is 4.74 Å². The predicted molar refractivity (Wildman–Crippen MR) is 83.0 cm³/mol. The van der Waals surface area contributed by atoms with Crippen LogP contribution in [0.15, 0.2) is 54.6 Å². The van der Waals surface area contributed by atoms with Crippen LogP contribution in [0.1, 0.15) is 17.0 Å². The van der Waals surface area contributed by atoms with E-state index >= 15 is 0 Å². The standard InChI is InChI=1S/C16H11IO2/c17-13-7-5-11(6-8-13)16-9-12(10-18)14-3-1-2-4-15(14)19-16/h1-10,12H. The van der Waals surface area contributed by atoms with Crippen molar-refractivity contribution in [3.63, 3.8) is 0 Å². The minimum absolute atomic E-state index is 0.237. The number of hydrogen-bond acceptors (Lipinski definition) is 2. The lowest BCUT2D eigenvalue weighted by Gasteiger charge is -2.21. The van der Waals surface area contributed by atoms with Crippen molar-refractivity contribution in [2.75, 3.05) is 0 Å². The first-order valence-electron chi connectivity index (χ1n) is 5.98. The maximum Gasteiger partial charge on any atom is 0.131 e. The van der Waals surface area contributed by atoms with Gasteiger partial charge >= 0.3 is 0 Å². The summed E-state index contributed by atoms with van der Waals surface area (Å²) >= 11 is 2.26. The molecular formula is C16H11IO2. The lowest BCUT2D eigenvalue weighted by atomic mass is 9.95. The Labute approximate surface area is 125 Å². The van der Waals surface area contributed by atoms with Gasteiger partial charge in [0.05, 0.1) is 5.92 Å². The minimum atomic E-state index is -0.237. The highest BCUT2D eigenvalue weighted by atomic mass is 127. The Bertz CT molecular complexity index is 644. The molecule has 3 rings (SSSR count). The first kappa shape index (κ1) is 12.4. The lowest BCUT2D eigenvalue weighted by molar-refractivity contribution is -0.108. The van der Waals surface area contributed by atoms with Crippen molar-refractivity contribution in [3.8, 4) is 5.75 Å². The molecule has 3 heteroatoms. The number of rotatable bonds is 2. The van der Waals surface area contributed by atoms with Crippen molar-refractivity contribution >= 4 is 34.6 Å². The molecule has 0 bridgehead atoms. The van der Waals surface area contributed by atoms with E-state index < -0.39 is 0 Å². The number of para-hydroxylation sites is 1. The Morgan fingerprint density at radius 1 is 1.05 bits per heavy atom. The predicted octanol–water partition coefficient (Wildman–Crippen LogP) is 4.01. The zero-order chi connectivity index (χ0) is 13.2. The molecule has 1 unspecified atom stereocenters. The van der Waals surface area contributed by atoms with Gasteiger partial charge in [0.25, 0.3) is 0 Å². The molecule has 0 spiro atoms. The Balaban J connectivity index is 2.03. The quantitative estimate of drug-likeness (QED) is 0.596. The summed E-state index contributed by atoms with van der Waals surface area (Å²) in [6.07, 6.45) is 2.82. The van der Waals surface area contributed by atoms with Crippen LogP contribution in [0.25, 0.3) is 5.76 Å². The summed E-state index contributed by atoms with van der Waals surface area (Å²) in [5.74, 6) is 1.27. The number of hydrogen-bond donors (Lipinski definition) is 0. The molecule has 1 atom stereocenters. The Kier molecular flexibility index (Phi) is 3.38. The Morgan fingerprint density at radius 2 is 1.79 bits per heavy atom. The molecule has 2 aromatic rings. The van der Waals surface area contributed by atoms with E-state index in [-0.39, 0.29) is 5.92 Å². The second-order valence-corrected chi connectivity index (χ2v) is 5.59. The van der Waals surface area contributed by atoms with Crippen molar-refractivity contribution in [1.82, 2.24) is 0 Å². The summed E-state index contributed by atoms with van der Waals surface area (Å²) in [7, 11) is 0. The molecule has 2 aromatic carbocycles. The smallest absolute Gasteiger partial charge is 0.131 e. The topological polar surface area (TPSA) is 26.3 Å². The number of carbonyl (C=O) groups excluding carboxylic acids is 1. The molecule has 0 N–H and O–H groups in total. The molecule has 2 nitrogen and oxygen atoms in total. The van der Waals surface area contributed by atoms with E-state index in [0.717, 1.165) is 28.9 Å². The number of aldehydes is 1. The molecule has 0 fully saturated rings. The fourth-order valence-electron chi connectivity index (χ4n) is 2.14. The summed E-state index contributed by atoms with van der Waals surface area (Å²) in [6.45, 7) is 0. The van der Waals surface area contributed by atoms with Gasteiger partial charge in [0.15, 0.2) is 0 Å². The van der Waals surface area contributed by atoms with Crippen molar-refractivity contribution in [2.45, 2.75) is 5.92 Å². The summed E-state index contributed by atoms with van der Waals surface area (Å²) in [6, 6.07) is 15.7. The normalized spacial score (nSPS) is 17.1. The molecule has 0 saturated carbocycles. The maximum absolute atomic E-state index is 11.3. The highest BCUT2D eigenvalue weighted by molar-refractivity contribution is 14.1. The fourth-order valence-corrected chi connectivity index (χ4v) is 2.50. The number of carbonyl (C=O) groups is 1. The third kappa shape index (κ3) is 2.42. The van der Waals surface area contributed by atoms with Gasteiger partial charge < -0.3 is 9.53 Å². The van der Waals surface area contributed by atoms with Crippen LogP contribution in [0.2, 0.25) is 0 Å². The molecule has 1 aliphatic heterocycles. The van der Waals surface area contributed by atoms with Gasteiger partial charge in [-0.2, -0.15) is 0 Å². The molecule has 0 saturated heterocycles. The van der Waals surface area contributed by atoms with Gasteiger partial charge in [0.2, 0.25) is 0 Å². The van der Waals surface area contributed by atoms with Crippen LogP contribution in [0.4, 0.5) is 0 Å². The number of halogens is 1. The molecule has 94 valence electrons. The van der Waals surface area contributed by atoms with Crippen LogP contribution < -0.4 is 4.74 Å². The van der Waals surface area contributed by atoms with Crippen LogP contribution in [0.5, 0.6) is 5.75 Å². The lowest BCUT2D eigenvalue weighted by Crippen LogP contribution is -2.09. The van der Waals surface area contributed by atoms with Crippen LogP contribution in [-0.2, 0) is 4.79 Å². The van der Waals surface area contributed by atoms with Crippen molar-refractivity contribution in [1.29, 1.82) is 0 Å². The van der Waals surface area contributed by atoms with Crippen LogP contribution in [-0.4, -0.2) is 6.29 Å². The van der Waals surface area contributed by atoms with Gasteiger partial charge in [-0.25, -0.2) is 0 Å². The van der Waals surface area contributed by atoms with E-state index in [1.54, 1.807) is 0 Å². The highest BCUT2D eigenvalue weighted by Gasteiger charge is 2.21. The first-order chi connectivity index (χ1) is 9.28. The van der Waals surface area contributed by atoms with Gasteiger partial charge in [-0.15, -0.1) is 0 Å². The number of ether oxygens (including phenoxy) is 1. The molecule has 0 radical (unpaired) electrons. The van der Waals surface area contributed by atoms with Crippen LogP contribution in [0.3, 0.4) is 0 Å². The Morgan fingerprint density at radius 3 is 2.53 bits per heavy atom. The third-order valence-electron chi connectivity index (χ3n) is 3.10. The zero-order valence-corrected chi connectivity index (χ0v) is 12.2. The molecule has 19 heavy (non-hydrogen) atoms. The average molecular weight is 362 g/mol. The molecule has 0 aromatic heterocycles. The minimum Gasteiger partial charge on any atom is -0.457 e. The van der Waals surface area contributed by atoms with E-state index in [9.17, 15) is 4.79 Å². The summed E-state index contributed by atoms with van der Waals surface area (Å²) in [5, 5.41) is 0. The highest BCUT2D eigenvalue weighted by Crippen LogP contribution is 2.36. The largest absolute Gasteiger partial charge is 0.457 e. The van der Waals surface area contributed by atoms with Crippen molar-refractivity contribution in [3.05, 3.63) is 69.3 Å². The van der Waals surface area contributed by atoms with Gasteiger partial charge in [0, 0.05) is 14.7 Å². The molecule has 0 aliphatic carbocycles. The van der Waals surface area contributed by atoms with Crippen molar-refractivity contribution < 1.29 is 9.53 Å². The summed E-state index contributed by atoms with van der Waals surface area (Å²) < 4.78 is 7.06. The molecule has 0 amide bonds. The van der Waals surface area contributed by atoms with Gasteiger partial charge in [-0.3, -0.25) is 0 Å². The average Bonchev–Trinajstić information content (AvgIpc) is 2.47. The molecular weight excluding hydrogens is 351 g/mol. The van der Waals surface area contributed by atoms with Crippen LogP contribution in [0, 0.1) is 3.57 Å². The monoisotopic (exact) mass is 362 g/mol. The fraction of sp³-hybridized carbons (Fsp3) is 0.0625. The van der Waals surface area contributed by atoms with E-state index in [1.807, 2.05) is 54.6 Å². The number of fused-ring (bicyclic) bond motifs is 1. The SMILES string of the molecule is O=CC1C=C(c2ccc(I)cc2)Oc2ccccc21. The molecule has 1 heterocycles. The Hall–Kier alpha value is -1.62. The summed E-state index contributed by atoms with van der Waals surface area (Å²) in [5.41, 5.74) is 1.91. The van der Waals surface area contributed by atoms with Gasteiger partial charge in [-0.05, 0) is 46.9 Å². The van der Waals surface area contributed by atoms with E-state index in [1.165, 1.54) is 3.57 Å². The van der Waals surface area contributed by atoms with Gasteiger partial charge in [-0.1, -0.05) is 30.3 Å².